The van der Waals surface area contributed by atoms with E-state index in [1.807, 2.05) is 6.07 Å². The monoisotopic (exact) mass is 577 g/mol. The first kappa shape index (κ1) is 29.5. The van der Waals surface area contributed by atoms with Crippen LogP contribution in [0, 0.1) is 0 Å². The highest BCUT2D eigenvalue weighted by atomic mass is 32.2. The zero-order valence-electron chi connectivity index (χ0n) is 23.2. The molecule has 41 heavy (non-hydrogen) atoms. The summed E-state index contributed by atoms with van der Waals surface area (Å²) in [6.07, 6.45) is -0.0131. The van der Waals surface area contributed by atoms with Crippen LogP contribution < -0.4 is 19.5 Å². The molecule has 4 rings (SSSR count). The average Bonchev–Trinajstić information content (AvgIpc) is 2.99. The Morgan fingerprint density at radius 2 is 1.66 bits per heavy atom. The molecule has 0 aliphatic carbocycles. The molecule has 0 aromatic heterocycles. The van der Waals surface area contributed by atoms with Gasteiger partial charge in [-0.1, -0.05) is 17.8 Å². The summed E-state index contributed by atoms with van der Waals surface area (Å²) in [5.41, 5.74) is 2.29. The van der Waals surface area contributed by atoms with Gasteiger partial charge in [-0.25, -0.2) is 9.79 Å². The fourth-order valence-electron chi connectivity index (χ4n) is 4.05. The van der Waals surface area contributed by atoms with E-state index < -0.39 is 11.2 Å². The third-order valence-corrected chi connectivity index (χ3v) is 7.37. The summed E-state index contributed by atoms with van der Waals surface area (Å²) in [7, 11) is 4.66. The quantitative estimate of drug-likeness (QED) is 0.333. The van der Waals surface area contributed by atoms with Crippen molar-refractivity contribution >= 4 is 46.1 Å². The number of aliphatic imine (C=N–C) groups is 1. The van der Waals surface area contributed by atoms with Crippen molar-refractivity contribution in [1.29, 1.82) is 0 Å². The van der Waals surface area contributed by atoms with Gasteiger partial charge >= 0.3 is 5.97 Å². The van der Waals surface area contributed by atoms with Crippen molar-refractivity contribution in [2.24, 2.45) is 4.99 Å². The number of nitrogens with zero attached hydrogens (tertiary/aromatic N) is 2. The summed E-state index contributed by atoms with van der Waals surface area (Å²) in [5.74, 6) is 0.770. The minimum absolute atomic E-state index is 0.0131. The molecule has 11 heteroatoms. The Kier molecular flexibility index (Phi) is 9.86. The van der Waals surface area contributed by atoms with E-state index in [2.05, 4.69) is 5.32 Å². The van der Waals surface area contributed by atoms with Gasteiger partial charge in [0.05, 0.1) is 45.7 Å². The van der Waals surface area contributed by atoms with E-state index in [1.54, 1.807) is 93.8 Å². The largest absolute Gasteiger partial charge is 0.497 e. The van der Waals surface area contributed by atoms with E-state index in [1.165, 1.54) is 11.8 Å². The Labute approximate surface area is 242 Å². The van der Waals surface area contributed by atoms with Crippen LogP contribution in [-0.4, -0.2) is 61.0 Å². The third-order valence-electron chi connectivity index (χ3n) is 6.18. The van der Waals surface area contributed by atoms with Crippen LogP contribution in [0.15, 0.2) is 71.7 Å². The standard InChI is InChI=1S/C30H31N3O7S/c1-5-40-29(36)20-7-9-22(10-8-20)32-30-33(18-19-6-15-24(38-3)25(16-19)39-4)27(34)17-26(41-30)28(35)31-21-11-13-23(37-2)14-12-21/h6-16,26H,5,17-18H2,1-4H3,(H,31,35). The minimum atomic E-state index is -0.705. The molecule has 3 aromatic carbocycles. The van der Waals surface area contributed by atoms with E-state index in [4.69, 9.17) is 23.9 Å². The molecule has 1 N–H and O–H groups in total. The number of benzene rings is 3. The number of amides is 2. The highest BCUT2D eigenvalue weighted by Crippen LogP contribution is 2.33. The zero-order chi connectivity index (χ0) is 29.4. The predicted octanol–water partition coefficient (Wildman–Crippen LogP) is 5.05. The fourth-order valence-corrected chi connectivity index (χ4v) is 5.15. The number of methoxy groups -OCH3 is 3. The molecule has 0 radical (unpaired) electrons. The van der Waals surface area contributed by atoms with E-state index in [0.29, 0.717) is 39.4 Å². The molecular formula is C30H31N3O7S. The van der Waals surface area contributed by atoms with E-state index in [0.717, 1.165) is 5.56 Å². The maximum atomic E-state index is 13.5. The molecule has 0 saturated carbocycles. The molecule has 1 saturated heterocycles. The first-order chi connectivity index (χ1) is 19.8. The van der Waals surface area contributed by atoms with Crippen molar-refractivity contribution in [2.45, 2.75) is 25.1 Å². The van der Waals surface area contributed by atoms with Crippen LogP contribution in [0.4, 0.5) is 11.4 Å². The Balaban J connectivity index is 1.61. The first-order valence-electron chi connectivity index (χ1n) is 12.8. The van der Waals surface area contributed by atoms with Crippen LogP contribution in [0.25, 0.3) is 0 Å². The van der Waals surface area contributed by atoms with Crippen LogP contribution >= 0.6 is 11.8 Å². The highest BCUT2D eigenvalue weighted by molar-refractivity contribution is 8.15. The molecular weight excluding hydrogens is 546 g/mol. The molecule has 1 heterocycles. The van der Waals surface area contributed by atoms with Gasteiger partial charge < -0.3 is 24.3 Å². The number of carbonyl (C=O) groups excluding carboxylic acids is 3. The summed E-state index contributed by atoms with van der Waals surface area (Å²) < 4.78 is 21.0. The molecule has 214 valence electrons. The van der Waals surface area contributed by atoms with Gasteiger partial charge in [-0.15, -0.1) is 0 Å². The van der Waals surface area contributed by atoms with Crippen molar-refractivity contribution in [1.82, 2.24) is 4.90 Å². The number of amidine groups is 1. The smallest absolute Gasteiger partial charge is 0.338 e. The van der Waals surface area contributed by atoms with Crippen LogP contribution in [0.1, 0.15) is 29.3 Å². The summed E-state index contributed by atoms with van der Waals surface area (Å²) in [5, 5.41) is 2.52. The Bertz CT molecular complexity index is 1430. The van der Waals surface area contributed by atoms with Crippen molar-refractivity contribution in [2.75, 3.05) is 33.3 Å². The summed E-state index contributed by atoms with van der Waals surface area (Å²) in [4.78, 5) is 45.0. The Hall–Kier alpha value is -4.51. The van der Waals surface area contributed by atoms with Crippen molar-refractivity contribution < 1.29 is 33.3 Å². The van der Waals surface area contributed by atoms with E-state index >= 15 is 0 Å². The van der Waals surface area contributed by atoms with Crippen molar-refractivity contribution in [3.05, 3.63) is 77.9 Å². The number of hydrogen-bond donors (Lipinski definition) is 1. The lowest BCUT2D eigenvalue weighted by Crippen LogP contribution is -2.44. The van der Waals surface area contributed by atoms with Gasteiger partial charge in [0.1, 0.15) is 11.0 Å². The van der Waals surface area contributed by atoms with Gasteiger partial charge in [0.15, 0.2) is 16.7 Å². The third kappa shape index (κ3) is 7.37. The molecule has 10 nitrogen and oxygen atoms in total. The zero-order valence-corrected chi connectivity index (χ0v) is 24.0. The topological polar surface area (TPSA) is 116 Å². The molecule has 1 fully saturated rings. The Morgan fingerprint density at radius 1 is 0.951 bits per heavy atom. The second kappa shape index (κ2) is 13.7. The molecule has 1 aliphatic rings. The van der Waals surface area contributed by atoms with Gasteiger partial charge in [-0.2, -0.15) is 0 Å². The average molecular weight is 578 g/mol. The second-order valence-corrected chi connectivity index (χ2v) is 10.0. The molecule has 2 amide bonds. The van der Waals surface area contributed by atoms with Gasteiger partial charge in [0.2, 0.25) is 11.8 Å². The number of nitrogens with one attached hydrogen (secondary N) is 1. The Morgan fingerprint density at radius 3 is 2.29 bits per heavy atom. The van der Waals surface area contributed by atoms with Crippen LogP contribution in [-0.2, 0) is 20.9 Å². The minimum Gasteiger partial charge on any atom is -0.497 e. The number of anilines is 1. The SMILES string of the molecule is CCOC(=O)c1ccc(N=C2SC(C(=O)Nc3ccc(OC)cc3)CC(=O)N2Cc2ccc(OC)c(OC)c2)cc1. The lowest BCUT2D eigenvalue weighted by atomic mass is 10.1. The molecule has 0 bridgehead atoms. The van der Waals surface area contributed by atoms with Crippen LogP contribution in [0.3, 0.4) is 0 Å². The van der Waals surface area contributed by atoms with E-state index in [-0.39, 0.29) is 31.4 Å². The summed E-state index contributed by atoms with van der Waals surface area (Å²) >= 11 is 1.20. The van der Waals surface area contributed by atoms with Gasteiger partial charge in [-0.05, 0) is 73.2 Å². The van der Waals surface area contributed by atoms with Gasteiger partial charge in [-0.3, -0.25) is 14.5 Å². The lowest BCUT2D eigenvalue weighted by Gasteiger charge is -2.32. The number of hydrogen-bond acceptors (Lipinski definition) is 9. The second-order valence-electron chi connectivity index (χ2n) is 8.86. The molecule has 0 spiro atoms. The van der Waals surface area contributed by atoms with Crippen LogP contribution in [0.2, 0.25) is 0 Å². The number of esters is 1. The number of rotatable bonds is 10. The van der Waals surface area contributed by atoms with Gasteiger partial charge in [0.25, 0.3) is 0 Å². The molecule has 1 unspecified atom stereocenters. The summed E-state index contributed by atoms with van der Waals surface area (Å²) in [6, 6.07) is 18.9. The molecule has 1 atom stereocenters. The van der Waals surface area contributed by atoms with Crippen molar-refractivity contribution in [3.63, 3.8) is 0 Å². The van der Waals surface area contributed by atoms with Gasteiger partial charge in [0, 0.05) is 12.1 Å². The highest BCUT2D eigenvalue weighted by Gasteiger charge is 2.36. The maximum Gasteiger partial charge on any atom is 0.338 e. The van der Waals surface area contributed by atoms with E-state index in [9.17, 15) is 14.4 Å². The van der Waals surface area contributed by atoms with Crippen molar-refractivity contribution in [3.8, 4) is 17.2 Å². The number of thioether (sulfide) groups is 1. The lowest BCUT2D eigenvalue weighted by molar-refractivity contribution is -0.129. The maximum absolute atomic E-state index is 13.5. The molecule has 1 aliphatic heterocycles. The predicted molar refractivity (Wildman–Crippen MR) is 157 cm³/mol. The molecule has 3 aromatic rings. The fraction of sp³-hybridized carbons (Fsp3) is 0.267. The number of ether oxygens (including phenoxy) is 4. The normalized spacial score (nSPS) is 15.8. The number of carbonyl (C=O) groups is 3. The first-order valence-corrected chi connectivity index (χ1v) is 13.7. The summed E-state index contributed by atoms with van der Waals surface area (Å²) in [6.45, 7) is 2.22. The van der Waals surface area contributed by atoms with Crippen LogP contribution in [0.5, 0.6) is 17.2 Å².